The average molecular weight is 356 g/mol. The number of carboxylic acid groups (broad SMARTS) is 1. The summed E-state index contributed by atoms with van der Waals surface area (Å²) in [6.45, 7) is 4.39. The first-order valence-electron chi connectivity index (χ1n) is 8.82. The van der Waals surface area contributed by atoms with Crippen LogP contribution < -0.4 is 0 Å². The summed E-state index contributed by atoms with van der Waals surface area (Å²) < 4.78 is 15.2. The molecule has 2 unspecified atom stereocenters. The number of rotatable bonds is 15. The number of carbonyl (C=O) groups excluding carboxylic acids is 2. The molecular formula is C18H28O7. The highest BCUT2D eigenvalue weighted by atomic mass is 16.6. The van der Waals surface area contributed by atoms with E-state index in [0.29, 0.717) is 25.9 Å². The van der Waals surface area contributed by atoms with E-state index in [0.717, 1.165) is 31.8 Å². The molecular weight excluding hydrogens is 328 g/mol. The average Bonchev–Trinajstić information content (AvgIpc) is 3.41. The second kappa shape index (κ2) is 12.5. The number of ether oxygens (including phenoxy) is 3. The molecule has 0 aromatic heterocycles. The molecule has 142 valence electrons. The Morgan fingerprint density at radius 2 is 1.80 bits per heavy atom. The monoisotopic (exact) mass is 356 g/mol. The standard InChI is InChI=1S/C18H28O7/c1-2-17(21)23-11-10-14(18(22)25-13-15-12-24-15)8-6-4-3-5-7-9-16(19)20/h2,14-15H,1,3-13H2,(H,19,20). The zero-order chi connectivity index (χ0) is 18.5. The second-order valence-corrected chi connectivity index (χ2v) is 6.14. The summed E-state index contributed by atoms with van der Waals surface area (Å²) in [5.41, 5.74) is 0. The number of carbonyl (C=O) groups is 3. The topological polar surface area (TPSA) is 102 Å². The van der Waals surface area contributed by atoms with Gasteiger partial charge in [-0.25, -0.2) is 4.79 Å². The van der Waals surface area contributed by atoms with Gasteiger partial charge in [0.2, 0.25) is 0 Å². The van der Waals surface area contributed by atoms with Gasteiger partial charge in [0.1, 0.15) is 12.7 Å². The summed E-state index contributed by atoms with van der Waals surface area (Å²) in [4.78, 5) is 33.7. The summed E-state index contributed by atoms with van der Waals surface area (Å²) in [5, 5.41) is 8.58. The van der Waals surface area contributed by atoms with E-state index in [1.165, 1.54) is 0 Å². The fraction of sp³-hybridized carbons (Fsp3) is 0.722. The van der Waals surface area contributed by atoms with Crippen LogP contribution in [-0.4, -0.2) is 48.9 Å². The lowest BCUT2D eigenvalue weighted by molar-refractivity contribution is -0.151. The first kappa shape index (κ1) is 21.2. The highest BCUT2D eigenvalue weighted by Crippen LogP contribution is 2.19. The summed E-state index contributed by atoms with van der Waals surface area (Å²) in [6.07, 6.45) is 6.68. The quantitative estimate of drug-likeness (QED) is 0.208. The third kappa shape index (κ3) is 11.3. The number of unbranched alkanes of at least 4 members (excludes halogenated alkanes) is 4. The van der Waals surface area contributed by atoms with Gasteiger partial charge in [-0.15, -0.1) is 0 Å². The van der Waals surface area contributed by atoms with Crippen LogP contribution in [0.2, 0.25) is 0 Å². The van der Waals surface area contributed by atoms with Crippen molar-refractivity contribution in [3.63, 3.8) is 0 Å². The van der Waals surface area contributed by atoms with Gasteiger partial charge < -0.3 is 19.3 Å². The Balaban J connectivity index is 2.23. The SMILES string of the molecule is C=CC(=O)OCCC(CCCCCCCC(=O)O)C(=O)OCC1CO1. The van der Waals surface area contributed by atoms with Crippen molar-refractivity contribution in [3.8, 4) is 0 Å². The molecule has 1 N–H and O–H groups in total. The van der Waals surface area contributed by atoms with E-state index in [2.05, 4.69) is 6.58 Å². The molecule has 1 aliphatic rings. The lowest BCUT2D eigenvalue weighted by Gasteiger charge is -2.15. The van der Waals surface area contributed by atoms with Crippen LogP contribution in [0.15, 0.2) is 12.7 Å². The number of carboxylic acids is 1. The summed E-state index contributed by atoms with van der Waals surface area (Å²) in [5.74, 6) is -1.86. The zero-order valence-electron chi connectivity index (χ0n) is 14.6. The zero-order valence-corrected chi connectivity index (χ0v) is 14.6. The number of aliphatic carboxylic acids is 1. The molecule has 1 aliphatic heterocycles. The Kier molecular flexibility index (Phi) is 10.6. The molecule has 0 amide bonds. The van der Waals surface area contributed by atoms with Crippen molar-refractivity contribution < 1.29 is 33.7 Å². The van der Waals surface area contributed by atoms with Crippen LogP contribution in [0.25, 0.3) is 0 Å². The van der Waals surface area contributed by atoms with Gasteiger partial charge in [-0.05, 0) is 19.3 Å². The molecule has 7 heteroatoms. The number of epoxide rings is 1. The molecule has 0 bridgehead atoms. The Hall–Kier alpha value is -1.89. The number of hydrogen-bond acceptors (Lipinski definition) is 6. The van der Waals surface area contributed by atoms with E-state index in [1.54, 1.807) is 0 Å². The van der Waals surface area contributed by atoms with Gasteiger partial charge in [0.05, 0.1) is 19.1 Å². The molecule has 0 aromatic rings. The van der Waals surface area contributed by atoms with Crippen molar-refractivity contribution in [3.05, 3.63) is 12.7 Å². The Morgan fingerprint density at radius 3 is 2.44 bits per heavy atom. The predicted molar refractivity (Wildman–Crippen MR) is 89.9 cm³/mol. The van der Waals surface area contributed by atoms with E-state index in [-0.39, 0.29) is 37.6 Å². The minimum absolute atomic E-state index is 0.0254. The van der Waals surface area contributed by atoms with Crippen LogP contribution in [0.5, 0.6) is 0 Å². The summed E-state index contributed by atoms with van der Waals surface area (Å²) in [7, 11) is 0. The van der Waals surface area contributed by atoms with E-state index < -0.39 is 11.9 Å². The minimum atomic E-state index is -0.767. The van der Waals surface area contributed by atoms with Gasteiger partial charge in [0.15, 0.2) is 0 Å². The van der Waals surface area contributed by atoms with Gasteiger partial charge >= 0.3 is 17.9 Å². The van der Waals surface area contributed by atoms with Crippen molar-refractivity contribution in [2.24, 2.45) is 5.92 Å². The minimum Gasteiger partial charge on any atom is -0.481 e. The van der Waals surface area contributed by atoms with Crippen LogP contribution in [0.4, 0.5) is 0 Å². The smallest absolute Gasteiger partial charge is 0.330 e. The Bertz CT molecular complexity index is 443. The third-order valence-electron chi connectivity index (χ3n) is 3.97. The second-order valence-electron chi connectivity index (χ2n) is 6.14. The molecule has 1 fully saturated rings. The van der Waals surface area contributed by atoms with Gasteiger partial charge in [0, 0.05) is 12.5 Å². The maximum Gasteiger partial charge on any atom is 0.330 e. The maximum absolute atomic E-state index is 12.2. The molecule has 0 aliphatic carbocycles. The van der Waals surface area contributed by atoms with Crippen molar-refractivity contribution in [1.82, 2.24) is 0 Å². The van der Waals surface area contributed by atoms with Crippen LogP contribution in [-0.2, 0) is 28.6 Å². The molecule has 0 spiro atoms. The molecule has 1 saturated heterocycles. The molecule has 7 nitrogen and oxygen atoms in total. The Labute approximate surface area is 148 Å². The summed E-state index contributed by atoms with van der Waals surface area (Å²) >= 11 is 0. The van der Waals surface area contributed by atoms with Crippen molar-refractivity contribution in [1.29, 1.82) is 0 Å². The van der Waals surface area contributed by atoms with Gasteiger partial charge in [0.25, 0.3) is 0 Å². The molecule has 2 atom stereocenters. The first-order valence-corrected chi connectivity index (χ1v) is 8.82. The lowest BCUT2D eigenvalue weighted by Crippen LogP contribution is -2.22. The normalized spacial score (nSPS) is 16.7. The van der Waals surface area contributed by atoms with Gasteiger partial charge in [-0.2, -0.15) is 0 Å². The lowest BCUT2D eigenvalue weighted by atomic mass is 9.97. The molecule has 25 heavy (non-hydrogen) atoms. The van der Waals surface area contributed by atoms with Crippen molar-refractivity contribution in [2.75, 3.05) is 19.8 Å². The van der Waals surface area contributed by atoms with Gasteiger partial charge in [-0.1, -0.05) is 32.3 Å². The highest BCUT2D eigenvalue weighted by molar-refractivity contribution is 5.81. The van der Waals surface area contributed by atoms with Crippen LogP contribution in [0.1, 0.15) is 51.4 Å². The van der Waals surface area contributed by atoms with Crippen molar-refractivity contribution in [2.45, 2.75) is 57.5 Å². The largest absolute Gasteiger partial charge is 0.481 e. The molecule has 1 rings (SSSR count). The van der Waals surface area contributed by atoms with E-state index >= 15 is 0 Å². The molecule has 1 heterocycles. The fourth-order valence-electron chi connectivity index (χ4n) is 2.40. The maximum atomic E-state index is 12.2. The molecule has 0 saturated carbocycles. The number of hydrogen-bond donors (Lipinski definition) is 1. The van der Waals surface area contributed by atoms with Gasteiger partial charge in [-0.3, -0.25) is 9.59 Å². The molecule has 0 radical (unpaired) electrons. The van der Waals surface area contributed by atoms with E-state index in [9.17, 15) is 14.4 Å². The highest BCUT2D eigenvalue weighted by Gasteiger charge is 2.27. The first-order chi connectivity index (χ1) is 12.0. The van der Waals surface area contributed by atoms with Crippen LogP contribution in [0.3, 0.4) is 0 Å². The predicted octanol–water partition coefficient (Wildman–Crippen LogP) is 2.48. The van der Waals surface area contributed by atoms with E-state index in [1.807, 2.05) is 0 Å². The molecule has 0 aromatic carbocycles. The van der Waals surface area contributed by atoms with Crippen LogP contribution in [0, 0.1) is 5.92 Å². The fourth-order valence-corrected chi connectivity index (χ4v) is 2.40. The van der Waals surface area contributed by atoms with Crippen LogP contribution >= 0.6 is 0 Å². The van der Waals surface area contributed by atoms with Crippen molar-refractivity contribution >= 4 is 17.9 Å². The van der Waals surface area contributed by atoms with E-state index in [4.69, 9.17) is 19.3 Å². The number of esters is 2. The summed E-state index contributed by atoms with van der Waals surface area (Å²) in [6, 6.07) is 0. The Morgan fingerprint density at radius 1 is 1.12 bits per heavy atom. The third-order valence-corrected chi connectivity index (χ3v) is 3.97.